The summed E-state index contributed by atoms with van der Waals surface area (Å²) in [5.41, 5.74) is 1.27. The molecule has 33 heavy (non-hydrogen) atoms. The van der Waals surface area contributed by atoms with Gasteiger partial charge >= 0.3 is 0 Å². The van der Waals surface area contributed by atoms with Crippen molar-refractivity contribution in [3.8, 4) is 17.2 Å². The SMILES string of the molecule is COc1cc(C=C(NC(=O)c2ccc(Br)cc2)C(=O)N2CCCCC2C)cc(OC)c1OC. The molecule has 0 saturated carbocycles. The third kappa shape index (κ3) is 5.87. The lowest BCUT2D eigenvalue weighted by atomic mass is 10.0. The van der Waals surface area contributed by atoms with Crippen LogP contribution in [0.25, 0.3) is 6.08 Å². The maximum absolute atomic E-state index is 13.5. The molecule has 2 aromatic carbocycles. The predicted octanol–water partition coefficient (Wildman–Crippen LogP) is 4.65. The minimum atomic E-state index is -0.362. The highest BCUT2D eigenvalue weighted by molar-refractivity contribution is 9.10. The first-order valence-corrected chi connectivity index (χ1v) is 11.6. The van der Waals surface area contributed by atoms with Gasteiger partial charge in [-0.15, -0.1) is 0 Å². The third-order valence-corrected chi connectivity index (χ3v) is 6.18. The van der Waals surface area contributed by atoms with Crippen LogP contribution in [0.2, 0.25) is 0 Å². The molecule has 0 spiro atoms. The van der Waals surface area contributed by atoms with Crippen LogP contribution in [0.1, 0.15) is 42.1 Å². The first kappa shape index (κ1) is 24.6. The number of nitrogens with zero attached hydrogens (tertiary/aromatic N) is 1. The van der Waals surface area contributed by atoms with Crippen molar-refractivity contribution in [2.45, 2.75) is 32.2 Å². The Balaban J connectivity index is 2.02. The Morgan fingerprint density at radius 1 is 1.03 bits per heavy atom. The molecule has 1 heterocycles. The van der Waals surface area contributed by atoms with Gasteiger partial charge < -0.3 is 24.4 Å². The molecule has 1 unspecified atom stereocenters. The van der Waals surface area contributed by atoms with E-state index >= 15 is 0 Å². The second kappa shape index (κ2) is 11.2. The number of amides is 2. The molecule has 176 valence electrons. The van der Waals surface area contributed by atoms with Gasteiger partial charge in [-0.3, -0.25) is 9.59 Å². The number of carbonyl (C=O) groups excluding carboxylic acids is 2. The van der Waals surface area contributed by atoms with Crippen molar-refractivity contribution in [1.29, 1.82) is 0 Å². The van der Waals surface area contributed by atoms with Gasteiger partial charge in [0.05, 0.1) is 21.3 Å². The Kier molecular flexibility index (Phi) is 8.38. The number of rotatable bonds is 7. The smallest absolute Gasteiger partial charge is 0.270 e. The Morgan fingerprint density at radius 2 is 1.67 bits per heavy atom. The first-order chi connectivity index (χ1) is 15.9. The van der Waals surface area contributed by atoms with Crippen LogP contribution in [0.4, 0.5) is 0 Å². The van der Waals surface area contributed by atoms with E-state index in [-0.39, 0.29) is 23.6 Å². The summed E-state index contributed by atoms with van der Waals surface area (Å²) in [5, 5.41) is 2.83. The van der Waals surface area contributed by atoms with Crippen LogP contribution < -0.4 is 19.5 Å². The van der Waals surface area contributed by atoms with Crippen molar-refractivity contribution >= 4 is 33.8 Å². The van der Waals surface area contributed by atoms with Crippen molar-refractivity contribution in [3.05, 3.63) is 57.7 Å². The fourth-order valence-corrected chi connectivity index (χ4v) is 4.12. The van der Waals surface area contributed by atoms with Crippen LogP contribution in [0.5, 0.6) is 17.2 Å². The molecule has 0 bridgehead atoms. The molecule has 8 heteroatoms. The fourth-order valence-electron chi connectivity index (χ4n) is 3.85. The summed E-state index contributed by atoms with van der Waals surface area (Å²) in [5.74, 6) is 0.787. The molecule has 1 aliphatic heterocycles. The van der Waals surface area contributed by atoms with Gasteiger partial charge in [-0.2, -0.15) is 0 Å². The third-order valence-electron chi connectivity index (χ3n) is 5.65. The van der Waals surface area contributed by atoms with E-state index in [4.69, 9.17) is 14.2 Å². The van der Waals surface area contributed by atoms with Crippen molar-refractivity contribution in [2.75, 3.05) is 27.9 Å². The van der Waals surface area contributed by atoms with Gasteiger partial charge in [-0.05, 0) is 74.2 Å². The minimum absolute atomic E-state index is 0.0965. The normalized spacial score (nSPS) is 16.2. The van der Waals surface area contributed by atoms with E-state index in [1.54, 1.807) is 42.5 Å². The lowest BCUT2D eigenvalue weighted by molar-refractivity contribution is -0.130. The van der Waals surface area contributed by atoms with E-state index in [2.05, 4.69) is 21.2 Å². The highest BCUT2D eigenvalue weighted by atomic mass is 79.9. The summed E-state index contributed by atoms with van der Waals surface area (Å²) in [7, 11) is 4.59. The molecule has 2 aromatic rings. The summed E-state index contributed by atoms with van der Waals surface area (Å²) in [6, 6.07) is 10.5. The lowest BCUT2D eigenvalue weighted by Crippen LogP contribution is -2.45. The molecule has 0 aliphatic carbocycles. The van der Waals surface area contributed by atoms with E-state index in [1.165, 1.54) is 21.3 Å². The zero-order chi connectivity index (χ0) is 24.0. The van der Waals surface area contributed by atoms with E-state index in [0.29, 0.717) is 34.9 Å². The highest BCUT2D eigenvalue weighted by Crippen LogP contribution is 2.38. The number of carbonyl (C=O) groups is 2. The molecule has 3 rings (SSSR count). The summed E-state index contributed by atoms with van der Waals surface area (Å²) in [6.45, 7) is 2.69. The molecule has 1 atom stereocenters. The summed E-state index contributed by atoms with van der Waals surface area (Å²) < 4.78 is 17.1. The van der Waals surface area contributed by atoms with Gasteiger partial charge in [0.2, 0.25) is 5.75 Å². The molecule has 2 amide bonds. The second-order valence-electron chi connectivity index (χ2n) is 7.82. The highest BCUT2D eigenvalue weighted by Gasteiger charge is 2.27. The zero-order valence-electron chi connectivity index (χ0n) is 19.3. The topological polar surface area (TPSA) is 77.1 Å². The van der Waals surface area contributed by atoms with E-state index in [0.717, 1.165) is 23.7 Å². The number of ether oxygens (including phenoxy) is 3. The van der Waals surface area contributed by atoms with Gasteiger partial charge in [0.25, 0.3) is 11.8 Å². The lowest BCUT2D eigenvalue weighted by Gasteiger charge is -2.34. The molecule has 1 N–H and O–H groups in total. The number of piperidine rings is 1. The minimum Gasteiger partial charge on any atom is -0.493 e. The maximum atomic E-state index is 13.5. The average Bonchev–Trinajstić information content (AvgIpc) is 2.83. The largest absolute Gasteiger partial charge is 0.493 e. The number of nitrogens with one attached hydrogen (secondary N) is 1. The van der Waals surface area contributed by atoms with Gasteiger partial charge in [0, 0.05) is 22.6 Å². The molecule has 0 aromatic heterocycles. The van der Waals surface area contributed by atoms with Crippen LogP contribution in [0.3, 0.4) is 0 Å². The molecule has 1 saturated heterocycles. The van der Waals surface area contributed by atoms with Crippen LogP contribution in [0, 0.1) is 0 Å². The number of hydrogen-bond donors (Lipinski definition) is 1. The van der Waals surface area contributed by atoms with Crippen molar-refractivity contribution in [3.63, 3.8) is 0 Å². The fraction of sp³-hybridized carbons (Fsp3) is 0.360. The van der Waals surface area contributed by atoms with Gasteiger partial charge in [-0.25, -0.2) is 0 Å². The molecule has 1 aliphatic rings. The van der Waals surface area contributed by atoms with Crippen molar-refractivity contribution in [2.24, 2.45) is 0 Å². The molecular weight excluding hydrogens is 488 g/mol. The Bertz CT molecular complexity index is 1010. The Morgan fingerprint density at radius 3 is 2.21 bits per heavy atom. The summed E-state index contributed by atoms with van der Waals surface area (Å²) in [4.78, 5) is 28.3. The van der Waals surface area contributed by atoms with Crippen molar-refractivity contribution in [1.82, 2.24) is 10.2 Å². The molecular formula is C25H29BrN2O5. The monoisotopic (exact) mass is 516 g/mol. The molecule has 1 fully saturated rings. The first-order valence-electron chi connectivity index (χ1n) is 10.8. The maximum Gasteiger partial charge on any atom is 0.270 e. The number of hydrogen-bond acceptors (Lipinski definition) is 5. The molecule has 7 nitrogen and oxygen atoms in total. The van der Waals surface area contributed by atoms with Gasteiger partial charge in [-0.1, -0.05) is 15.9 Å². The van der Waals surface area contributed by atoms with E-state index in [1.807, 2.05) is 11.8 Å². The summed E-state index contributed by atoms with van der Waals surface area (Å²) >= 11 is 3.37. The number of halogens is 1. The van der Waals surface area contributed by atoms with Gasteiger partial charge in [0.15, 0.2) is 11.5 Å². The Labute approximate surface area is 202 Å². The zero-order valence-corrected chi connectivity index (χ0v) is 20.9. The number of likely N-dealkylation sites (tertiary alicyclic amines) is 1. The van der Waals surface area contributed by atoms with Crippen LogP contribution in [0.15, 0.2) is 46.6 Å². The van der Waals surface area contributed by atoms with Crippen LogP contribution in [-0.4, -0.2) is 50.6 Å². The van der Waals surface area contributed by atoms with Crippen LogP contribution >= 0.6 is 15.9 Å². The number of benzene rings is 2. The number of methoxy groups -OCH3 is 3. The standard InChI is InChI=1S/C25H29BrN2O5/c1-16-7-5-6-12-28(16)25(30)20(27-24(29)18-8-10-19(26)11-9-18)13-17-14-21(31-2)23(33-4)22(15-17)32-3/h8-11,13-16H,5-7,12H2,1-4H3,(H,27,29). The van der Waals surface area contributed by atoms with Crippen molar-refractivity contribution < 1.29 is 23.8 Å². The molecule has 0 radical (unpaired) electrons. The van der Waals surface area contributed by atoms with Gasteiger partial charge in [0.1, 0.15) is 5.70 Å². The van der Waals surface area contributed by atoms with Crippen LogP contribution in [-0.2, 0) is 4.79 Å². The second-order valence-corrected chi connectivity index (χ2v) is 8.74. The average molecular weight is 517 g/mol. The van der Waals surface area contributed by atoms with E-state index in [9.17, 15) is 9.59 Å². The van der Waals surface area contributed by atoms with E-state index < -0.39 is 0 Å². The predicted molar refractivity (Wildman–Crippen MR) is 131 cm³/mol. The quantitative estimate of drug-likeness (QED) is 0.542. The Hall–Kier alpha value is -3.00. The summed E-state index contributed by atoms with van der Waals surface area (Å²) in [6.07, 6.45) is 4.60.